The summed E-state index contributed by atoms with van der Waals surface area (Å²) in [5.74, 6) is 0. The summed E-state index contributed by atoms with van der Waals surface area (Å²) in [4.78, 5) is 0. The van der Waals surface area contributed by atoms with E-state index in [-0.39, 0.29) is 161 Å². The molecule has 0 N–H and O–H groups in total. The topological polar surface area (TPSA) is 0 Å². The second-order valence-corrected chi connectivity index (χ2v) is 236. The van der Waals surface area contributed by atoms with Gasteiger partial charge in [0.15, 0.2) is 0 Å². The zero-order valence-electron chi connectivity index (χ0n) is 30.5. The van der Waals surface area contributed by atoms with E-state index >= 15 is 0 Å². The molecule has 59 heavy (non-hydrogen) atoms. The molecular formula is CH62P58. The quantitative estimate of drug-likeness (QED) is 0.0719. The smallest absolute Gasteiger partial charge is 0.0859 e. The van der Waals surface area contributed by atoms with Crippen LogP contribution >= 0.6 is 467 Å². The highest BCUT2D eigenvalue weighted by molar-refractivity contribution is 9.35. The van der Waals surface area contributed by atoms with Crippen LogP contribution in [0, 0.1) is 0 Å². The van der Waals surface area contributed by atoms with Gasteiger partial charge in [0.25, 0.3) is 0 Å². The molecule has 0 aromatic rings. The van der Waals surface area contributed by atoms with Crippen LogP contribution in [0.25, 0.3) is 0 Å². The molecule has 0 saturated carbocycles. The normalized spacial score (nSPS) is 15.7. The van der Waals surface area contributed by atoms with Gasteiger partial charge >= 0.3 is 0 Å². The highest BCUT2D eigenvalue weighted by Crippen LogP contribution is 3.43. The Bertz CT molecular complexity index is 873. The monoisotopic (exact) mass is 1870 g/mol. The molecule has 0 spiro atoms. The van der Waals surface area contributed by atoms with Crippen LogP contribution < -0.4 is 0 Å². The van der Waals surface area contributed by atoms with E-state index in [2.05, 4.69) is 277 Å². The van der Waals surface area contributed by atoms with Gasteiger partial charge in [-0.05, 0) is 190 Å². The summed E-state index contributed by atoms with van der Waals surface area (Å²) in [7, 11) is 110. The van der Waals surface area contributed by atoms with Crippen molar-refractivity contribution < 1.29 is 0 Å². The Morgan fingerprint density at radius 3 is 0.373 bits per heavy atom. The zero-order valence-corrected chi connectivity index (χ0v) is 90.4. The molecule has 356 valence electrons. The van der Waals surface area contributed by atoms with E-state index in [4.69, 9.17) is 0 Å². The Morgan fingerprint density at radius 2 is 0.271 bits per heavy atom. The van der Waals surface area contributed by atoms with Gasteiger partial charge in [0, 0.05) is 0 Å². The highest BCUT2D eigenvalue weighted by atomic mass is 33.3. The largest absolute Gasteiger partial charge is 0.102 e. The molecule has 0 nitrogen and oxygen atoms in total. The third-order valence-corrected chi connectivity index (χ3v) is 355. The fraction of sp³-hybridized carbons (Fsp3) is 1.00. The van der Waals surface area contributed by atoms with E-state index < -0.39 is 29.2 Å². The minimum absolute atomic E-state index is 0.301. The van der Waals surface area contributed by atoms with Crippen LogP contribution in [0.3, 0.4) is 0 Å². The zero-order chi connectivity index (χ0) is 47.1. The standard InChI is InChI=1S/CH62P58/c2-37(3)52(32)33(53(38(4)5)39(6)7)1(34(54(40(8)9)41(10)11)55(42(12)13)43(14)15,35(56(44(16)17)45(18)19)57(46(20)21)47(22)23)36(58(48(24)25)49(26)27)59(50(28)29)51(30)31/h2-32H2. The molecule has 0 heterocycles. The third-order valence-electron chi connectivity index (χ3n) is 5.58. The summed E-state index contributed by atoms with van der Waals surface area (Å²) in [5, 5.41) is 0. The second-order valence-electron chi connectivity index (χ2n) is 9.66. The molecule has 0 aromatic carbocycles. The van der Waals surface area contributed by atoms with E-state index in [1.807, 2.05) is 0 Å². The van der Waals surface area contributed by atoms with Crippen LogP contribution in [0.2, 0.25) is 0 Å². The lowest BCUT2D eigenvalue weighted by Crippen LogP contribution is -2.14. The van der Waals surface area contributed by atoms with Gasteiger partial charge < -0.3 is 0 Å². The lowest BCUT2D eigenvalue weighted by molar-refractivity contribution is 1.87. The van der Waals surface area contributed by atoms with Gasteiger partial charge in [0.05, 0.1) is 4.38 Å². The van der Waals surface area contributed by atoms with Crippen molar-refractivity contribution in [1.82, 2.24) is 0 Å². The number of hydrogen-bond donors (Lipinski definition) is 0. The third kappa shape index (κ3) is 27.4. The average Bonchev–Trinajstić information content (AvgIpc) is 3.01. The fourth-order valence-electron chi connectivity index (χ4n) is 4.06. The number of hydrogen-bond acceptors (Lipinski definition) is 0. The molecule has 0 rings (SSSR count). The molecule has 0 saturated heterocycles. The molecule has 58 heteroatoms. The minimum atomic E-state index is -0.422. The summed E-state index contributed by atoms with van der Waals surface area (Å²) in [6.07, 6.45) is 0. The predicted molar refractivity (Wildman–Crippen MR) is 491 cm³/mol. The van der Waals surface area contributed by atoms with Gasteiger partial charge in [-0.1, -0.05) is 0 Å². The van der Waals surface area contributed by atoms with E-state index in [0.717, 1.165) is 0 Å². The van der Waals surface area contributed by atoms with E-state index in [9.17, 15) is 0 Å². The van der Waals surface area contributed by atoms with E-state index in [1.54, 1.807) is 0 Å². The van der Waals surface area contributed by atoms with E-state index in [0.29, 0.717) is 4.38 Å². The first-order valence-electron chi connectivity index (χ1n) is 13.5. The maximum Gasteiger partial charge on any atom is 0.0859 e. The summed E-state index contributed by atoms with van der Waals surface area (Å²) < 4.78 is 0.380. The SMILES string of the molecule is PP(P)P(P)P(P(P(P)P)P(P)P)C(P(P(P(P)P)P(P)P)P(P(P)P)P(P)P)(P(P(P(P)P)P(P)P)P(P(P)P)P(P)P)P(P(P(P)P)P(P)P)P(P(P)P)P(P)P. The average molecular weight is 1870 g/mol. The lowest BCUT2D eigenvalue weighted by Gasteiger charge is -2.68. The van der Waals surface area contributed by atoms with Crippen molar-refractivity contribution in [2.75, 3.05) is 0 Å². The molecule has 0 fully saturated rings. The van der Waals surface area contributed by atoms with Crippen molar-refractivity contribution in [1.29, 1.82) is 0 Å². The van der Waals surface area contributed by atoms with Gasteiger partial charge in [-0.15, -0.1) is 277 Å². The van der Waals surface area contributed by atoms with Crippen molar-refractivity contribution in [2.24, 2.45) is 0 Å². The Labute approximate surface area is 464 Å². The fourth-order valence-corrected chi connectivity index (χ4v) is 624. The van der Waals surface area contributed by atoms with Crippen LogP contribution in [0.1, 0.15) is 0 Å². The van der Waals surface area contributed by atoms with Crippen molar-refractivity contribution in [3.63, 3.8) is 0 Å². The molecule has 0 aliphatic heterocycles. The summed E-state index contributed by atoms with van der Waals surface area (Å²) >= 11 is 0. The number of rotatable bonds is 27. The van der Waals surface area contributed by atoms with Crippen molar-refractivity contribution >= 4 is 467 Å². The van der Waals surface area contributed by atoms with E-state index in [1.165, 1.54) is 0 Å². The molecule has 0 aliphatic rings. The minimum Gasteiger partial charge on any atom is -0.102 e. The van der Waals surface area contributed by atoms with Crippen molar-refractivity contribution in [3.8, 4) is 0 Å². The Hall–Kier alpha value is 24.9. The first kappa shape index (κ1) is 83.9. The first-order valence-corrected chi connectivity index (χ1v) is 116. The molecule has 33 unspecified atom stereocenters. The van der Waals surface area contributed by atoms with Crippen molar-refractivity contribution in [2.45, 2.75) is 4.38 Å². The van der Waals surface area contributed by atoms with Crippen LogP contribution in [-0.4, -0.2) is 4.38 Å². The molecule has 0 bridgehead atoms. The summed E-state index contributed by atoms with van der Waals surface area (Å²) in [6, 6.07) is 0. The van der Waals surface area contributed by atoms with Gasteiger partial charge in [0.2, 0.25) is 0 Å². The van der Waals surface area contributed by atoms with Gasteiger partial charge in [0.1, 0.15) is 0 Å². The highest BCUT2D eigenvalue weighted by Gasteiger charge is 2.72. The summed E-state index contributed by atoms with van der Waals surface area (Å²) in [6.45, 7) is -7.32. The van der Waals surface area contributed by atoms with Crippen molar-refractivity contribution in [3.05, 3.63) is 0 Å². The Balaban J connectivity index is 11.4. The molecule has 0 radical (unpaired) electrons. The molecule has 0 amide bonds. The van der Waals surface area contributed by atoms with Gasteiger partial charge in [-0.2, -0.15) is 0 Å². The first-order chi connectivity index (χ1) is 26.7. The van der Waals surface area contributed by atoms with Crippen LogP contribution in [0.15, 0.2) is 0 Å². The molecule has 33 atom stereocenters. The van der Waals surface area contributed by atoms with Gasteiger partial charge in [-0.3, -0.25) is 0 Å². The second kappa shape index (κ2) is 44.4. The van der Waals surface area contributed by atoms with Crippen LogP contribution in [0.4, 0.5) is 0 Å². The molecule has 0 aromatic heterocycles. The maximum absolute atomic E-state index is 3.84. The summed E-state index contributed by atoms with van der Waals surface area (Å²) in [5.41, 5.74) is 0. The Kier molecular flexibility index (Phi) is 63.2. The van der Waals surface area contributed by atoms with Crippen LogP contribution in [0.5, 0.6) is 0 Å². The lowest BCUT2D eigenvalue weighted by atomic mass is 11.8. The van der Waals surface area contributed by atoms with Gasteiger partial charge in [-0.25, -0.2) is 0 Å². The molecular weight excluding hydrogens is 1810 g/mol. The van der Waals surface area contributed by atoms with Crippen LogP contribution in [-0.2, 0) is 0 Å². The molecule has 0 aliphatic carbocycles. The Morgan fingerprint density at radius 1 is 0.153 bits per heavy atom. The maximum atomic E-state index is 3.84. The predicted octanol–water partition coefficient (Wildman–Crippen LogP) is 33.1.